The van der Waals surface area contributed by atoms with Gasteiger partial charge in [0.25, 0.3) is 0 Å². The number of anilines is 1. The molecule has 142 valence electrons. The Morgan fingerprint density at radius 1 is 1.27 bits per heavy atom. The Bertz CT molecular complexity index is 729. The number of thiazole rings is 1. The minimum Gasteiger partial charge on any atom is -0.351 e. The fourth-order valence-corrected chi connectivity index (χ4v) is 4.43. The first-order valence-corrected chi connectivity index (χ1v) is 10.7. The van der Waals surface area contributed by atoms with E-state index in [-0.39, 0.29) is 0 Å². The Hall–Kier alpha value is -1.74. The van der Waals surface area contributed by atoms with E-state index < -0.39 is 0 Å². The SMILES string of the molecule is CCc1nsc(N2CCN(C(=NC)NCc3csc(C(C)C)n3)CC2)n1. The second kappa shape index (κ2) is 8.77. The standard InChI is InChI=1S/C17H27N7S2/c1-5-14-21-17(26-22-14)24-8-6-23(7-9-24)16(18-4)19-10-13-11-25-15(20-13)12(2)3/h11-12H,5-10H2,1-4H3,(H,18,19). The average molecular weight is 394 g/mol. The maximum absolute atomic E-state index is 4.68. The Morgan fingerprint density at radius 2 is 2.04 bits per heavy atom. The first-order valence-electron chi connectivity index (χ1n) is 9.08. The summed E-state index contributed by atoms with van der Waals surface area (Å²) in [5.41, 5.74) is 1.08. The second-order valence-corrected chi connectivity index (χ2v) is 8.17. The Kier molecular flexibility index (Phi) is 6.42. The van der Waals surface area contributed by atoms with Crippen LogP contribution in [0.4, 0.5) is 5.13 Å². The van der Waals surface area contributed by atoms with Gasteiger partial charge >= 0.3 is 0 Å². The predicted molar refractivity (Wildman–Crippen MR) is 109 cm³/mol. The van der Waals surface area contributed by atoms with E-state index >= 15 is 0 Å². The Labute approximate surface area is 163 Å². The van der Waals surface area contributed by atoms with Crippen molar-refractivity contribution in [2.24, 2.45) is 4.99 Å². The van der Waals surface area contributed by atoms with Crippen molar-refractivity contribution in [3.8, 4) is 0 Å². The molecule has 0 radical (unpaired) electrons. The van der Waals surface area contributed by atoms with Gasteiger partial charge in [0.1, 0.15) is 5.82 Å². The van der Waals surface area contributed by atoms with Crippen molar-refractivity contribution in [1.82, 2.24) is 24.6 Å². The summed E-state index contributed by atoms with van der Waals surface area (Å²) in [6, 6.07) is 0. The molecule has 1 saturated heterocycles. The highest BCUT2D eigenvalue weighted by molar-refractivity contribution is 7.10. The van der Waals surface area contributed by atoms with Crippen LogP contribution in [0.15, 0.2) is 10.4 Å². The molecule has 3 rings (SSSR count). The van der Waals surface area contributed by atoms with E-state index in [1.807, 2.05) is 7.05 Å². The molecular weight excluding hydrogens is 366 g/mol. The molecule has 0 amide bonds. The lowest BCUT2D eigenvalue weighted by Gasteiger charge is -2.36. The van der Waals surface area contributed by atoms with Gasteiger partial charge in [0.2, 0.25) is 5.13 Å². The van der Waals surface area contributed by atoms with Crippen LogP contribution in [-0.4, -0.2) is 58.4 Å². The van der Waals surface area contributed by atoms with Crippen molar-refractivity contribution in [2.75, 3.05) is 38.1 Å². The van der Waals surface area contributed by atoms with E-state index in [1.54, 1.807) is 11.3 Å². The van der Waals surface area contributed by atoms with E-state index in [4.69, 9.17) is 0 Å². The normalized spacial score (nSPS) is 15.8. The lowest BCUT2D eigenvalue weighted by molar-refractivity contribution is 0.372. The van der Waals surface area contributed by atoms with Gasteiger partial charge in [0.05, 0.1) is 17.2 Å². The molecule has 1 aliphatic heterocycles. The fraction of sp³-hybridized carbons (Fsp3) is 0.647. The van der Waals surface area contributed by atoms with Crippen molar-refractivity contribution < 1.29 is 0 Å². The molecule has 0 unspecified atom stereocenters. The minimum atomic E-state index is 0.481. The maximum atomic E-state index is 4.68. The number of hydrogen-bond acceptors (Lipinski definition) is 7. The van der Waals surface area contributed by atoms with Crippen LogP contribution in [0.2, 0.25) is 0 Å². The van der Waals surface area contributed by atoms with Crippen molar-refractivity contribution in [1.29, 1.82) is 0 Å². The highest BCUT2D eigenvalue weighted by atomic mass is 32.1. The van der Waals surface area contributed by atoms with Crippen molar-refractivity contribution in [3.05, 3.63) is 21.9 Å². The van der Waals surface area contributed by atoms with E-state index in [0.717, 1.165) is 55.2 Å². The van der Waals surface area contributed by atoms with Gasteiger partial charge in [-0.1, -0.05) is 20.8 Å². The molecule has 0 atom stereocenters. The summed E-state index contributed by atoms with van der Waals surface area (Å²) in [4.78, 5) is 18.3. The van der Waals surface area contributed by atoms with Gasteiger partial charge in [0.15, 0.2) is 5.96 Å². The molecule has 3 heterocycles. The molecule has 9 heteroatoms. The smallest absolute Gasteiger partial charge is 0.205 e. The predicted octanol–water partition coefficient (Wildman–Crippen LogP) is 2.58. The number of nitrogens with one attached hydrogen (secondary N) is 1. The number of aryl methyl sites for hydroxylation is 1. The highest BCUT2D eigenvalue weighted by Crippen LogP contribution is 2.20. The van der Waals surface area contributed by atoms with Crippen LogP contribution >= 0.6 is 22.9 Å². The zero-order valence-corrected chi connectivity index (χ0v) is 17.5. The van der Waals surface area contributed by atoms with Crippen LogP contribution in [0.25, 0.3) is 0 Å². The quantitative estimate of drug-likeness (QED) is 0.622. The van der Waals surface area contributed by atoms with E-state index in [1.165, 1.54) is 16.5 Å². The third kappa shape index (κ3) is 4.50. The number of hydrogen-bond donors (Lipinski definition) is 1. The molecule has 0 saturated carbocycles. The summed E-state index contributed by atoms with van der Waals surface area (Å²) < 4.78 is 4.39. The molecule has 2 aromatic heterocycles. The van der Waals surface area contributed by atoms with Gasteiger partial charge in [-0.05, 0) is 0 Å². The molecule has 1 fully saturated rings. The Morgan fingerprint density at radius 3 is 2.62 bits per heavy atom. The van der Waals surface area contributed by atoms with Gasteiger partial charge in [-0.25, -0.2) is 9.97 Å². The van der Waals surface area contributed by atoms with E-state index in [0.29, 0.717) is 12.5 Å². The lowest BCUT2D eigenvalue weighted by Crippen LogP contribution is -2.52. The van der Waals surface area contributed by atoms with Crippen LogP contribution < -0.4 is 10.2 Å². The number of nitrogens with zero attached hydrogens (tertiary/aromatic N) is 6. The average Bonchev–Trinajstić information content (AvgIpc) is 3.32. The third-order valence-electron chi connectivity index (χ3n) is 4.33. The molecule has 1 N–H and O–H groups in total. The number of rotatable bonds is 5. The van der Waals surface area contributed by atoms with Crippen LogP contribution in [0, 0.1) is 0 Å². The van der Waals surface area contributed by atoms with Gasteiger partial charge < -0.3 is 15.1 Å². The molecule has 0 spiro atoms. The van der Waals surface area contributed by atoms with Crippen LogP contribution in [0.5, 0.6) is 0 Å². The molecule has 2 aromatic rings. The summed E-state index contributed by atoms with van der Waals surface area (Å²) in [7, 11) is 1.84. The highest BCUT2D eigenvalue weighted by Gasteiger charge is 2.22. The van der Waals surface area contributed by atoms with Crippen LogP contribution in [0.3, 0.4) is 0 Å². The number of guanidine groups is 1. The first-order chi connectivity index (χ1) is 12.6. The summed E-state index contributed by atoms with van der Waals surface area (Å²) in [5.74, 6) is 2.36. The molecular formula is C17H27N7S2. The molecule has 1 aliphatic rings. The van der Waals surface area contributed by atoms with Crippen LogP contribution in [-0.2, 0) is 13.0 Å². The topological polar surface area (TPSA) is 69.5 Å². The fourth-order valence-electron chi connectivity index (χ4n) is 2.80. The second-order valence-electron chi connectivity index (χ2n) is 6.55. The third-order valence-corrected chi connectivity index (χ3v) is 6.34. The van der Waals surface area contributed by atoms with Gasteiger partial charge in [0, 0.05) is 62.5 Å². The van der Waals surface area contributed by atoms with Crippen molar-refractivity contribution in [2.45, 2.75) is 39.7 Å². The van der Waals surface area contributed by atoms with Crippen LogP contribution in [0.1, 0.15) is 43.2 Å². The summed E-state index contributed by atoms with van der Waals surface area (Å²) in [5, 5.41) is 7.81. The summed E-state index contributed by atoms with van der Waals surface area (Å²) in [6.45, 7) is 10.9. The van der Waals surface area contributed by atoms with Gasteiger partial charge in [-0.2, -0.15) is 4.37 Å². The minimum absolute atomic E-state index is 0.481. The van der Waals surface area contributed by atoms with E-state index in [9.17, 15) is 0 Å². The largest absolute Gasteiger partial charge is 0.351 e. The lowest BCUT2D eigenvalue weighted by atomic mass is 10.2. The van der Waals surface area contributed by atoms with Gasteiger partial charge in [-0.3, -0.25) is 4.99 Å². The molecule has 0 bridgehead atoms. The van der Waals surface area contributed by atoms with Gasteiger partial charge in [-0.15, -0.1) is 11.3 Å². The monoisotopic (exact) mass is 393 g/mol. The molecule has 7 nitrogen and oxygen atoms in total. The zero-order chi connectivity index (χ0) is 18.5. The summed E-state index contributed by atoms with van der Waals surface area (Å²) >= 11 is 3.23. The molecule has 26 heavy (non-hydrogen) atoms. The number of aliphatic imine (C=N–C) groups is 1. The first kappa shape index (κ1) is 19.0. The number of aromatic nitrogens is 3. The Balaban J connectivity index is 1.51. The van der Waals surface area contributed by atoms with Crippen molar-refractivity contribution in [3.63, 3.8) is 0 Å². The maximum Gasteiger partial charge on any atom is 0.205 e. The zero-order valence-electron chi connectivity index (χ0n) is 15.9. The number of piperazine rings is 1. The molecule has 0 aliphatic carbocycles. The summed E-state index contributed by atoms with van der Waals surface area (Å²) in [6.07, 6.45) is 0.891. The van der Waals surface area contributed by atoms with E-state index in [2.05, 4.69) is 60.6 Å². The molecule has 0 aromatic carbocycles. The van der Waals surface area contributed by atoms with Crippen molar-refractivity contribution >= 4 is 34.0 Å².